The number of anilines is 1. The van der Waals surface area contributed by atoms with Gasteiger partial charge < -0.3 is 19.5 Å². The van der Waals surface area contributed by atoms with Gasteiger partial charge in [0.05, 0.1) is 41.6 Å². The van der Waals surface area contributed by atoms with E-state index in [0.717, 1.165) is 30.0 Å². The third kappa shape index (κ3) is 4.05. The SMILES string of the molecule is CCOC(=O)C1C2CN(c3ccc(-c4cc(OCC(C)(C)O)cn5ncc(C#N)c45)cn3)CC21. The van der Waals surface area contributed by atoms with Gasteiger partial charge in [0.1, 0.15) is 24.2 Å². The first-order chi connectivity index (χ1) is 16.3. The maximum atomic E-state index is 12.0. The number of carbonyl (C=O) groups excluding carboxylic acids is 1. The highest BCUT2D eigenvalue weighted by Crippen LogP contribution is 2.53. The summed E-state index contributed by atoms with van der Waals surface area (Å²) < 4.78 is 12.6. The monoisotopic (exact) mass is 461 g/mol. The highest BCUT2D eigenvalue weighted by Gasteiger charge is 2.60. The van der Waals surface area contributed by atoms with E-state index >= 15 is 0 Å². The maximum absolute atomic E-state index is 12.0. The highest BCUT2D eigenvalue weighted by molar-refractivity contribution is 5.85. The Labute approximate surface area is 197 Å². The molecule has 0 spiro atoms. The summed E-state index contributed by atoms with van der Waals surface area (Å²) in [6, 6.07) is 7.97. The molecule has 2 unspecified atom stereocenters. The van der Waals surface area contributed by atoms with E-state index in [4.69, 9.17) is 9.47 Å². The number of rotatable bonds is 7. The van der Waals surface area contributed by atoms with Crippen LogP contribution in [0.25, 0.3) is 16.6 Å². The van der Waals surface area contributed by atoms with Gasteiger partial charge in [0.2, 0.25) is 0 Å². The number of aliphatic hydroxyl groups is 1. The van der Waals surface area contributed by atoms with Crippen LogP contribution in [-0.4, -0.2) is 57.6 Å². The predicted molar refractivity (Wildman–Crippen MR) is 124 cm³/mol. The number of hydrogen-bond donors (Lipinski definition) is 1. The summed E-state index contributed by atoms with van der Waals surface area (Å²) in [6.07, 6.45) is 5.01. The molecule has 9 heteroatoms. The van der Waals surface area contributed by atoms with Crippen molar-refractivity contribution in [1.82, 2.24) is 14.6 Å². The molecule has 176 valence electrons. The lowest BCUT2D eigenvalue weighted by Gasteiger charge is -2.21. The van der Waals surface area contributed by atoms with Crippen LogP contribution in [0, 0.1) is 29.1 Å². The lowest BCUT2D eigenvalue weighted by molar-refractivity contribution is -0.145. The van der Waals surface area contributed by atoms with Crippen molar-refractivity contribution in [2.24, 2.45) is 17.8 Å². The first-order valence-electron chi connectivity index (χ1n) is 11.4. The molecule has 9 nitrogen and oxygen atoms in total. The molecule has 0 aromatic carbocycles. The molecule has 3 aromatic rings. The molecule has 2 fully saturated rings. The topological polar surface area (TPSA) is 113 Å². The molecule has 0 radical (unpaired) electrons. The second kappa shape index (κ2) is 8.29. The number of pyridine rings is 2. The van der Waals surface area contributed by atoms with Crippen molar-refractivity contribution in [3.63, 3.8) is 0 Å². The van der Waals surface area contributed by atoms with Crippen molar-refractivity contribution >= 4 is 17.3 Å². The van der Waals surface area contributed by atoms with Crippen LogP contribution in [0.4, 0.5) is 5.82 Å². The summed E-state index contributed by atoms with van der Waals surface area (Å²) >= 11 is 0. The molecule has 0 amide bonds. The average Bonchev–Trinajstić information content (AvgIpc) is 3.12. The second-order valence-corrected chi connectivity index (χ2v) is 9.57. The van der Waals surface area contributed by atoms with E-state index in [1.165, 1.54) is 6.20 Å². The lowest BCUT2D eigenvalue weighted by atomic mass is 10.1. The second-order valence-electron chi connectivity index (χ2n) is 9.57. The zero-order chi connectivity index (χ0) is 24.0. The Hall–Kier alpha value is -3.64. The van der Waals surface area contributed by atoms with Crippen LogP contribution >= 0.6 is 0 Å². The minimum absolute atomic E-state index is 0.0293. The summed E-state index contributed by atoms with van der Waals surface area (Å²) in [7, 11) is 0. The first-order valence-corrected chi connectivity index (χ1v) is 11.4. The molecular formula is C25H27N5O4. The summed E-state index contributed by atoms with van der Waals surface area (Å²) in [5.41, 5.74) is 1.74. The fourth-order valence-corrected chi connectivity index (χ4v) is 4.77. The number of fused-ring (bicyclic) bond motifs is 2. The number of piperidine rings is 1. The molecule has 2 atom stereocenters. The van der Waals surface area contributed by atoms with Gasteiger partial charge in [-0.25, -0.2) is 9.50 Å². The zero-order valence-corrected chi connectivity index (χ0v) is 19.4. The Morgan fingerprint density at radius 3 is 2.68 bits per heavy atom. The summed E-state index contributed by atoms with van der Waals surface area (Å²) in [6.45, 7) is 7.32. The zero-order valence-electron chi connectivity index (χ0n) is 19.4. The van der Waals surface area contributed by atoms with Gasteiger partial charge >= 0.3 is 5.97 Å². The van der Waals surface area contributed by atoms with Crippen molar-refractivity contribution in [3.8, 4) is 22.9 Å². The number of ether oxygens (including phenoxy) is 2. The number of nitriles is 1. The fourth-order valence-electron chi connectivity index (χ4n) is 4.77. The van der Waals surface area contributed by atoms with Crippen LogP contribution in [0.1, 0.15) is 26.3 Å². The fraction of sp³-hybridized carbons (Fsp3) is 0.440. The molecule has 34 heavy (non-hydrogen) atoms. The molecule has 1 aliphatic heterocycles. The normalized spacial score (nSPS) is 21.3. The Morgan fingerprint density at radius 1 is 1.29 bits per heavy atom. The third-order valence-corrected chi connectivity index (χ3v) is 6.43. The Balaban J connectivity index is 1.38. The first kappa shape index (κ1) is 22.2. The van der Waals surface area contributed by atoms with Crippen LogP contribution in [0.15, 0.2) is 36.8 Å². The molecule has 3 aromatic heterocycles. The van der Waals surface area contributed by atoms with Gasteiger partial charge in [0, 0.05) is 30.4 Å². The number of nitrogens with zero attached hydrogens (tertiary/aromatic N) is 5. The van der Waals surface area contributed by atoms with Gasteiger partial charge in [-0.2, -0.15) is 10.4 Å². The molecule has 1 aliphatic carbocycles. The third-order valence-electron chi connectivity index (χ3n) is 6.43. The summed E-state index contributed by atoms with van der Waals surface area (Å²) in [4.78, 5) is 18.9. The van der Waals surface area contributed by atoms with Gasteiger partial charge in [-0.3, -0.25) is 4.79 Å². The van der Waals surface area contributed by atoms with Crippen molar-refractivity contribution < 1.29 is 19.4 Å². The lowest BCUT2D eigenvalue weighted by Crippen LogP contribution is -2.28. The molecule has 2 aliphatic rings. The van der Waals surface area contributed by atoms with Gasteiger partial charge in [-0.1, -0.05) is 0 Å². The van der Waals surface area contributed by atoms with E-state index in [1.807, 2.05) is 25.1 Å². The van der Waals surface area contributed by atoms with Crippen molar-refractivity contribution in [2.75, 3.05) is 31.2 Å². The number of hydrogen-bond acceptors (Lipinski definition) is 8. The van der Waals surface area contributed by atoms with Gasteiger partial charge in [-0.15, -0.1) is 0 Å². The van der Waals surface area contributed by atoms with Crippen LogP contribution in [0.3, 0.4) is 0 Å². The van der Waals surface area contributed by atoms with E-state index in [9.17, 15) is 15.2 Å². The number of aromatic nitrogens is 3. The predicted octanol–water partition coefficient (Wildman–Crippen LogP) is 2.66. The van der Waals surface area contributed by atoms with E-state index < -0.39 is 5.60 Å². The Morgan fingerprint density at radius 2 is 2.06 bits per heavy atom. The molecule has 0 bridgehead atoms. The van der Waals surface area contributed by atoms with Crippen LogP contribution < -0.4 is 9.64 Å². The van der Waals surface area contributed by atoms with E-state index in [1.54, 1.807) is 30.8 Å². The van der Waals surface area contributed by atoms with Crippen LogP contribution in [0.2, 0.25) is 0 Å². The van der Waals surface area contributed by atoms with Crippen molar-refractivity contribution in [2.45, 2.75) is 26.4 Å². The molecule has 5 rings (SSSR count). The number of esters is 1. The highest BCUT2D eigenvalue weighted by atomic mass is 16.5. The van der Waals surface area contributed by atoms with Gasteiger partial charge in [-0.05, 0) is 50.8 Å². The van der Waals surface area contributed by atoms with E-state index in [2.05, 4.69) is 21.1 Å². The summed E-state index contributed by atoms with van der Waals surface area (Å²) in [5.74, 6) is 2.03. The molecular weight excluding hydrogens is 434 g/mol. The van der Waals surface area contributed by atoms with Gasteiger partial charge in [0.15, 0.2) is 0 Å². The molecule has 4 heterocycles. The Kier molecular flexibility index (Phi) is 5.41. The smallest absolute Gasteiger partial charge is 0.309 e. The largest absolute Gasteiger partial charge is 0.489 e. The maximum Gasteiger partial charge on any atom is 0.309 e. The minimum atomic E-state index is -0.983. The van der Waals surface area contributed by atoms with Crippen LogP contribution in [-0.2, 0) is 9.53 Å². The number of carbonyl (C=O) groups is 1. The minimum Gasteiger partial charge on any atom is -0.489 e. The van der Waals surface area contributed by atoms with Crippen LogP contribution in [0.5, 0.6) is 5.75 Å². The average molecular weight is 462 g/mol. The molecule has 1 N–H and O–H groups in total. The molecule has 1 saturated heterocycles. The quantitative estimate of drug-likeness (QED) is 0.535. The summed E-state index contributed by atoms with van der Waals surface area (Å²) in [5, 5.41) is 23.9. The molecule has 1 saturated carbocycles. The van der Waals surface area contributed by atoms with Gasteiger partial charge in [0.25, 0.3) is 0 Å². The Bertz CT molecular complexity index is 1260. The van der Waals surface area contributed by atoms with E-state index in [-0.39, 0.29) is 18.5 Å². The van der Waals surface area contributed by atoms with Crippen molar-refractivity contribution in [3.05, 3.63) is 42.4 Å². The van der Waals surface area contributed by atoms with E-state index in [0.29, 0.717) is 35.3 Å². The standard InChI is InChI=1S/C25H27N5O4/c1-4-33-24(31)22-19-12-29(13-20(19)22)21-6-5-15(9-27-21)18-7-17(34-14-25(2,3)32)11-30-23(18)16(8-26)10-28-30/h5-7,9-11,19-20,22,32H,4,12-14H2,1-3H3. The van der Waals surface area contributed by atoms with Crippen molar-refractivity contribution in [1.29, 1.82) is 5.26 Å².